The smallest absolute Gasteiger partial charge is 0.373 e. The average molecular weight is 318 g/mol. The average Bonchev–Trinajstić information content (AvgIpc) is 2.99. The van der Waals surface area contributed by atoms with Crippen LogP contribution >= 0.6 is 0 Å². The Morgan fingerprint density at radius 2 is 1.74 bits per heavy atom. The molecule has 0 spiro atoms. The molecule has 0 saturated heterocycles. The van der Waals surface area contributed by atoms with Crippen molar-refractivity contribution in [2.24, 2.45) is 23.2 Å². The highest BCUT2D eigenvalue weighted by molar-refractivity contribution is 5.86. The third-order valence-corrected chi connectivity index (χ3v) is 5.87. The summed E-state index contributed by atoms with van der Waals surface area (Å²) in [7, 11) is 1.30. The first-order valence-electron chi connectivity index (χ1n) is 8.42. The summed E-state index contributed by atoms with van der Waals surface area (Å²) in [4.78, 5) is 24.1. The van der Waals surface area contributed by atoms with E-state index in [2.05, 4.69) is 4.74 Å². The Hall–Kier alpha value is -1.78. The summed E-state index contributed by atoms with van der Waals surface area (Å²) in [6.07, 6.45) is 6.86. The van der Waals surface area contributed by atoms with E-state index in [1.54, 1.807) is 12.1 Å². The van der Waals surface area contributed by atoms with Gasteiger partial charge in [0, 0.05) is 0 Å². The van der Waals surface area contributed by atoms with Gasteiger partial charge in [-0.15, -0.1) is 0 Å². The number of rotatable bonds is 4. The molecule has 4 fully saturated rings. The summed E-state index contributed by atoms with van der Waals surface area (Å²) in [6.45, 7) is 0.0809. The second kappa shape index (κ2) is 5.39. The van der Waals surface area contributed by atoms with Gasteiger partial charge in [-0.2, -0.15) is 0 Å². The van der Waals surface area contributed by atoms with Gasteiger partial charge in [0.1, 0.15) is 12.4 Å². The van der Waals surface area contributed by atoms with Crippen LogP contribution in [-0.2, 0) is 20.9 Å². The van der Waals surface area contributed by atoms with Crippen molar-refractivity contribution in [3.8, 4) is 0 Å². The van der Waals surface area contributed by atoms with E-state index in [1.165, 1.54) is 26.4 Å². The molecule has 0 aliphatic heterocycles. The molecule has 23 heavy (non-hydrogen) atoms. The van der Waals surface area contributed by atoms with E-state index in [-0.39, 0.29) is 23.8 Å². The van der Waals surface area contributed by atoms with Crippen LogP contribution in [-0.4, -0.2) is 19.0 Å². The topological polar surface area (TPSA) is 65.7 Å². The predicted octanol–water partition coefficient (Wildman–Crippen LogP) is 3.33. The molecule has 1 aromatic heterocycles. The van der Waals surface area contributed by atoms with Crippen molar-refractivity contribution < 1.29 is 23.5 Å². The van der Waals surface area contributed by atoms with Crippen LogP contribution in [0.3, 0.4) is 0 Å². The van der Waals surface area contributed by atoms with Gasteiger partial charge >= 0.3 is 11.9 Å². The Bertz CT molecular complexity index is 594. The minimum Gasteiger partial charge on any atom is -0.463 e. The van der Waals surface area contributed by atoms with Crippen LogP contribution in [0.15, 0.2) is 16.5 Å². The lowest BCUT2D eigenvalue weighted by Crippen LogP contribution is -2.50. The van der Waals surface area contributed by atoms with Crippen molar-refractivity contribution in [1.29, 1.82) is 0 Å². The molecular formula is C18H22O5. The van der Waals surface area contributed by atoms with E-state index in [0.717, 1.165) is 19.3 Å². The lowest BCUT2D eigenvalue weighted by Gasteiger charge is -2.55. The summed E-state index contributed by atoms with van der Waals surface area (Å²) in [6, 6.07) is 3.19. The Labute approximate surface area is 135 Å². The van der Waals surface area contributed by atoms with Crippen molar-refractivity contribution in [3.05, 3.63) is 23.7 Å². The summed E-state index contributed by atoms with van der Waals surface area (Å²) >= 11 is 0. The van der Waals surface area contributed by atoms with Crippen LogP contribution in [0.4, 0.5) is 0 Å². The maximum Gasteiger partial charge on any atom is 0.373 e. The van der Waals surface area contributed by atoms with Crippen LogP contribution < -0.4 is 0 Å². The minimum atomic E-state index is -0.524. The van der Waals surface area contributed by atoms with Gasteiger partial charge in [0.25, 0.3) is 0 Å². The molecule has 0 aromatic carbocycles. The number of hydrogen-bond donors (Lipinski definition) is 0. The zero-order valence-corrected chi connectivity index (χ0v) is 13.4. The Balaban J connectivity index is 1.40. The molecule has 0 N–H and O–H groups in total. The molecule has 4 saturated carbocycles. The number of carbonyl (C=O) groups excluding carboxylic acids is 2. The molecular weight excluding hydrogens is 296 g/mol. The number of hydrogen-bond acceptors (Lipinski definition) is 5. The number of methoxy groups -OCH3 is 1. The van der Waals surface area contributed by atoms with Gasteiger partial charge in [-0.25, -0.2) is 4.79 Å². The van der Waals surface area contributed by atoms with Gasteiger partial charge in [0.2, 0.25) is 5.76 Å². The van der Waals surface area contributed by atoms with Crippen molar-refractivity contribution >= 4 is 11.9 Å². The Morgan fingerprint density at radius 3 is 2.30 bits per heavy atom. The third kappa shape index (κ3) is 2.56. The number of furan rings is 1. The van der Waals surface area contributed by atoms with E-state index in [0.29, 0.717) is 23.5 Å². The summed E-state index contributed by atoms with van der Waals surface area (Å²) in [5.41, 5.74) is -0.257. The van der Waals surface area contributed by atoms with Crippen molar-refractivity contribution in [3.63, 3.8) is 0 Å². The number of ether oxygens (including phenoxy) is 2. The molecule has 4 aliphatic carbocycles. The summed E-state index contributed by atoms with van der Waals surface area (Å²) < 4.78 is 15.5. The monoisotopic (exact) mass is 318 g/mol. The second-order valence-electron chi connectivity index (χ2n) is 7.53. The number of carbonyl (C=O) groups is 2. The molecule has 0 unspecified atom stereocenters. The Morgan fingerprint density at radius 1 is 1.13 bits per heavy atom. The van der Waals surface area contributed by atoms with Crippen LogP contribution in [0.1, 0.15) is 54.8 Å². The SMILES string of the molecule is COC(=O)c1ccc(COC(=O)C23CC4CC(CC(C4)C2)C3)o1. The van der Waals surface area contributed by atoms with Crippen LogP contribution in [0, 0.1) is 23.2 Å². The van der Waals surface area contributed by atoms with E-state index in [1.807, 2.05) is 0 Å². The van der Waals surface area contributed by atoms with Gasteiger partial charge in [0.05, 0.1) is 12.5 Å². The van der Waals surface area contributed by atoms with Crippen molar-refractivity contribution in [2.75, 3.05) is 7.11 Å². The standard InChI is InChI=1S/C18H22O5/c1-21-16(19)15-3-2-14(23-15)10-22-17(20)18-7-11-4-12(8-18)6-13(5-11)9-18/h2-3,11-13H,4-10H2,1H3. The molecule has 0 atom stereocenters. The van der Waals surface area contributed by atoms with Crippen LogP contribution in [0.2, 0.25) is 0 Å². The Kier molecular flexibility index (Phi) is 3.47. The molecule has 4 bridgehead atoms. The highest BCUT2D eigenvalue weighted by Crippen LogP contribution is 2.60. The molecule has 5 rings (SSSR count). The number of esters is 2. The fourth-order valence-corrected chi connectivity index (χ4v) is 5.32. The lowest BCUT2D eigenvalue weighted by molar-refractivity contribution is -0.173. The maximum absolute atomic E-state index is 12.7. The first kappa shape index (κ1) is 14.8. The van der Waals surface area contributed by atoms with E-state index >= 15 is 0 Å². The quantitative estimate of drug-likeness (QED) is 0.797. The highest BCUT2D eigenvalue weighted by atomic mass is 16.6. The molecule has 4 aliphatic rings. The van der Waals surface area contributed by atoms with Gasteiger partial charge < -0.3 is 13.9 Å². The summed E-state index contributed by atoms with van der Waals surface area (Å²) in [5, 5.41) is 0. The predicted molar refractivity (Wildman–Crippen MR) is 80.4 cm³/mol. The van der Waals surface area contributed by atoms with Crippen LogP contribution in [0.5, 0.6) is 0 Å². The van der Waals surface area contributed by atoms with E-state index in [4.69, 9.17) is 9.15 Å². The lowest BCUT2D eigenvalue weighted by atomic mass is 9.49. The largest absolute Gasteiger partial charge is 0.463 e. The third-order valence-electron chi connectivity index (χ3n) is 5.87. The van der Waals surface area contributed by atoms with Crippen LogP contribution in [0.25, 0.3) is 0 Å². The molecule has 1 heterocycles. The second-order valence-corrected chi connectivity index (χ2v) is 7.53. The van der Waals surface area contributed by atoms with E-state index in [9.17, 15) is 9.59 Å². The highest BCUT2D eigenvalue weighted by Gasteiger charge is 2.55. The van der Waals surface area contributed by atoms with Gasteiger partial charge in [0.15, 0.2) is 0 Å². The molecule has 0 amide bonds. The summed E-state index contributed by atoms with van der Waals surface area (Å²) in [5.74, 6) is 2.14. The molecule has 0 radical (unpaired) electrons. The maximum atomic E-state index is 12.7. The molecule has 5 nitrogen and oxygen atoms in total. The molecule has 1 aromatic rings. The minimum absolute atomic E-state index is 0.0763. The normalized spacial score (nSPS) is 34.4. The van der Waals surface area contributed by atoms with Gasteiger partial charge in [-0.05, 0) is 68.4 Å². The van der Waals surface area contributed by atoms with Gasteiger partial charge in [-0.1, -0.05) is 0 Å². The molecule has 124 valence electrons. The van der Waals surface area contributed by atoms with Crippen molar-refractivity contribution in [2.45, 2.75) is 45.1 Å². The molecule has 5 heteroatoms. The zero-order chi connectivity index (χ0) is 16.0. The fraction of sp³-hybridized carbons (Fsp3) is 0.667. The van der Waals surface area contributed by atoms with Crippen molar-refractivity contribution in [1.82, 2.24) is 0 Å². The first-order valence-corrected chi connectivity index (χ1v) is 8.42. The zero-order valence-electron chi connectivity index (χ0n) is 13.4. The van der Waals surface area contributed by atoms with E-state index < -0.39 is 5.97 Å². The fourth-order valence-electron chi connectivity index (χ4n) is 5.32. The first-order chi connectivity index (χ1) is 11.1. The van der Waals surface area contributed by atoms with Gasteiger partial charge in [-0.3, -0.25) is 4.79 Å².